The van der Waals surface area contributed by atoms with E-state index in [0.717, 1.165) is 5.69 Å². The van der Waals surface area contributed by atoms with Crippen LogP contribution in [-0.4, -0.2) is 37.5 Å². The first kappa shape index (κ1) is 20.5. The van der Waals surface area contributed by atoms with Gasteiger partial charge in [0.05, 0.1) is 0 Å². The summed E-state index contributed by atoms with van der Waals surface area (Å²) in [4.78, 5) is 2.46. The Morgan fingerprint density at radius 1 is 0.963 bits per heavy atom. The van der Waals surface area contributed by atoms with Crippen LogP contribution in [0.15, 0.2) is 24.4 Å². The van der Waals surface area contributed by atoms with Gasteiger partial charge >= 0.3 is 0 Å². The largest absolute Gasteiger partial charge is 0.399 e. The molecule has 150 valence electrons. The number of fused-ring (bicyclic) bond motifs is 1. The predicted molar refractivity (Wildman–Crippen MR) is 122 cm³/mol. The minimum Gasteiger partial charge on any atom is -0.399 e. The second-order valence-electron chi connectivity index (χ2n) is 9.66. The number of nitrogens with zero attached hydrogens (tertiary/aromatic N) is 2. The van der Waals surface area contributed by atoms with E-state index in [1.807, 2.05) is 0 Å². The maximum Gasteiger partial charge on any atom is 0.169 e. The number of piperidine rings is 1. The lowest BCUT2D eigenvalue weighted by Gasteiger charge is -2.44. The molecule has 1 aromatic carbocycles. The Kier molecular flexibility index (Phi) is 5.79. The van der Waals surface area contributed by atoms with Crippen molar-refractivity contribution in [1.82, 2.24) is 9.13 Å². The van der Waals surface area contributed by atoms with Crippen molar-refractivity contribution in [2.24, 2.45) is 0 Å². The van der Waals surface area contributed by atoms with Crippen LogP contribution in [0.3, 0.4) is 0 Å². The van der Waals surface area contributed by atoms with Crippen molar-refractivity contribution in [2.75, 3.05) is 25.9 Å². The van der Waals surface area contributed by atoms with Gasteiger partial charge in [0.2, 0.25) is 0 Å². The molecule has 0 aliphatic carbocycles. The lowest BCUT2D eigenvalue weighted by atomic mass is 9.89. The molecule has 0 saturated carbocycles. The van der Waals surface area contributed by atoms with Gasteiger partial charge in [-0.2, -0.15) is 0 Å². The van der Waals surface area contributed by atoms with Crippen molar-refractivity contribution in [2.45, 2.75) is 76.9 Å². The zero-order chi connectivity index (χ0) is 19.9. The average Bonchev–Trinajstić information content (AvgIpc) is 2.94. The topological polar surface area (TPSA) is 34.2 Å². The number of anilines is 1. The van der Waals surface area contributed by atoms with Crippen LogP contribution >= 0.6 is 0 Å². The van der Waals surface area contributed by atoms with Gasteiger partial charge in [-0.3, -0.25) is 0 Å². The zero-order valence-electron chi connectivity index (χ0n) is 18.4. The number of nitrogens with two attached hydrogens (primary N) is 1. The summed E-state index contributed by atoms with van der Waals surface area (Å²) < 4.78 is 2.76. The van der Waals surface area contributed by atoms with E-state index in [9.17, 15) is 0 Å². The van der Waals surface area contributed by atoms with Crippen molar-refractivity contribution in [1.29, 1.82) is 0 Å². The highest BCUT2D eigenvalue weighted by Gasteiger charge is 2.46. The van der Waals surface area contributed by atoms with E-state index in [0.29, 0.717) is 22.5 Å². The third-order valence-corrected chi connectivity index (χ3v) is 14.0. The third kappa shape index (κ3) is 3.36. The molecule has 1 aliphatic heterocycles. The molecule has 0 amide bonds. The van der Waals surface area contributed by atoms with Gasteiger partial charge < -0.3 is 14.9 Å². The number of hydrogen-bond donors (Lipinski definition) is 1. The maximum atomic E-state index is 6.27. The summed E-state index contributed by atoms with van der Waals surface area (Å²) in [5, 5.41) is 1.44. The first-order valence-electron chi connectivity index (χ1n) is 10.8. The smallest absolute Gasteiger partial charge is 0.169 e. The molecule has 0 unspecified atom stereocenters. The van der Waals surface area contributed by atoms with E-state index < -0.39 is 8.24 Å². The summed E-state index contributed by atoms with van der Waals surface area (Å²) in [7, 11) is 0.448. The molecule has 2 heterocycles. The Labute approximate surface area is 167 Å². The van der Waals surface area contributed by atoms with Crippen LogP contribution in [0.5, 0.6) is 0 Å². The minimum atomic E-state index is -1.80. The summed E-state index contributed by atoms with van der Waals surface area (Å²) in [6.45, 7) is 17.1. The monoisotopic (exact) mass is 385 g/mol. The Morgan fingerprint density at radius 3 is 2.04 bits per heavy atom. The summed E-state index contributed by atoms with van der Waals surface area (Å²) in [5.74, 6) is 0.673. The summed E-state index contributed by atoms with van der Waals surface area (Å²) in [6.07, 6.45) is 5.09. The SMILES string of the molecule is CC(C)[Si](C(C)C)(C(C)C)n1cc(C2CCN(C)CC2)c2ccc(N)cc21. The van der Waals surface area contributed by atoms with Crippen LogP contribution in [0.4, 0.5) is 5.69 Å². The number of benzene rings is 1. The van der Waals surface area contributed by atoms with Crippen LogP contribution in [0.2, 0.25) is 16.6 Å². The molecule has 1 saturated heterocycles. The predicted octanol–water partition coefficient (Wildman–Crippen LogP) is 6.06. The quantitative estimate of drug-likeness (QED) is 0.501. The molecule has 3 rings (SSSR count). The summed E-state index contributed by atoms with van der Waals surface area (Å²) in [6, 6.07) is 6.62. The lowest BCUT2D eigenvalue weighted by molar-refractivity contribution is 0.256. The normalized spacial score (nSPS) is 17.7. The second kappa shape index (κ2) is 7.63. The van der Waals surface area contributed by atoms with Gasteiger partial charge in [-0.1, -0.05) is 47.6 Å². The van der Waals surface area contributed by atoms with Gasteiger partial charge in [-0.15, -0.1) is 0 Å². The number of rotatable bonds is 5. The molecule has 2 aromatic rings. The van der Waals surface area contributed by atoms with E-state index >= 15 is 0 Å². The van der Waals surface area contributed by atoms with Gasteiger partial charge in [0.25, 0.3) is 0 Å². The zero-order valence-corrected chi connectivity index (χ0v) is 19.4. The van der Waals surface area contributed by atoms with Crippen LogP contribution in [0.1, 0.15) is 65.9 Å². The van der Waals surface area contributed by atoms with E-state index in [2.05, 4.69) is 82.1 Å². The Balaban J connectivity index is 2.25. The van der Waals surface area contributed by atoms with Crippen LogP contribution in [-0.2, 0) is 0 Å². The summed E-state index contributed by atoms with van der Waals surface area (Å²) >= 11 is 0. The fraction of sp³-hybridized carbons (Fsp3) is 0.652. The number of nitrogen functional groups attached to an aromatic ring is 1. The summed E-state index contributed by atoms with van der Waals surface area (Å²) in [5.41, 5.74) is 12.1. The minimum absolute atomic E-state index is 0.673. The Hall–Kier alpha value is -1.26. The van der Waals surface area contributed by atoms with Crippen molar-refractivity contribution < 1.29 is 0 Å². The van der Waals surface area contributed by atoms with E-state index in [-0.39, 0.29) is 0 Å². The highest BCUT2D eigenvalue weighted by atomic mass is 28.3. The van der Waals surface area contributed by atoms with Crippen molar-refractivity contribution in [3.8, 4) is 0 Å². The van der Waals surface area contributed by atoms with Crippen LogP contribution < -0.4 is 5.73 Å². The highest BCUT2D eigenvalue weighted by Crippen LogP contribution is 2.46. The lowest BCUT2D eigenvalue weighted by Crippen LogP contribution is -2.51. The van der Waals surface area contributed by atoms with Gasteiger partial charge in [0.15, 0.2) is 8.24 Å². The molecule has 0 atom stereocenters. The molecule has 1 fully saturated rings. The van der Waals surface area contributed by atoms with Crippen molar-refractivity contribution >= 4 is 24.8 Å². The molecule has 0 spiro atoms. The molecule has 1 aliphatic rings. The number of hydrogen-bond acceptors (Lipinski definition) is 2. The van der Waals surface area contributed by atoms with Gasteiger partial charge in [-0.25, -0.2) is 0 Å². The van der Waals surface area contributed by atoms with E-state index in [1.54, 1.807) is 5.56 Å². The van der Waals surface area contributed by atoms with Gasteiger partial charge in [-0.05, 0) is 79.4 Å². The molecule has 3 nitrogen and oxygen atoms in total. The van der Waals surface area contributed by atoms with Crippen LogP contribution in [0.25, 0.3) is 10.9 Å². The maximum absolute atomic E-state index is 6.27. The van der Waals surface area contributed by atoms with E-state index in [4.69, 9.17) is 5.73 Å². The molecular formula is C23H39N3Si. The molecule has 2 N–H and O–H groups in total. The molecular weight excluding hydrogens is 346 g/mol. The van der Waals surface area contributed by atoms with Crippen molar-refractivity contribution in [3.63, 3.8) is 0 Å². The molecule has 1 aromatic heterocycles. The highest BCUT2D eigenvalue weighted by molar-refractivity contribution is 6.82. The number of aromatic nitrogens is 1. The first-order chi connectivity index (χ1) is 12.7. The van der Waals surface area contributed by atoms with Gasteiger partial charge in [0.1, 0.15) is 0 Å². The van der Waals surface area contributed by atoms with E-state index in [1.165, 1.54) is 36.8 Å². The second-order valence-corrected chi connectivity index (χ2v) is 15.4. The Bertz CT molecular complexity index is 760. The fourth-order valence-electron chi connectivity index (χ4n) is 6.07. The molecule has 4 heteroatoms. The standard InChI is InChI=1S/C23H39N3Si/c1-16(2)27(17(3)4,18(5)6)26-15-22(19-10-12-25(7)13-11-19)21-9-8-20(24)14-23(21)26/h8-9,14-19H,10-13,24H2,1-7H3. The first-order valence-corrected chi connectivity index (χ1v) is 13.0. The molecule has 0 radical (unpaired) electrons. The fourth-order valence-corrected chi connectivity index (χ4v) is 12.7. The van der Waals surface area contributed by atoms with Crippen LogP contribution in [0, 0.1) is 0 Å². The molecule has 0 bridgehead atoms. The molecule has 27 heavy (non-hydrogen) atoms. The Morgan fingerprint density at radius 2 is 1.52 bits per heavy atom. The van der Waals surface area contributed by atoms with Gasteiger partial charge in [0, 0.05) is 16.6 Å². The number of likely N-dealkylation sites (tertiary alicyclic amines) is 1. The third-order valence-electron chi connectivity index (χ3n) is 7.21. The average molecular weight is 386 g/mol. The van der Waals surface area contributed by atoms with Crippen molar-refractivity contribution in [3.05, 3.63) is 30.0 Å².